The van der Waals surface area contributed by atoms with Gasteiger partial charge in [-0.25, -0.2) is 0 Å². The van der Waals surface area contributed by atoms with Crippen molar-refractivity contribution in [1.82, 2.24) is 0 Å². The Morgan fingerprint density at radius 2 is 1.84 bits per heavy atom. The van der Waals surface area contributed by atoms with Crippen LogP contribution in [0.1, 0.15) is 46.2 Å². The van der Waals surface area contributed by atoms with Crippen LogP contribution in [0.2, 0.25) is 5.02 Å². The number of allylic oxidation sites excluding steroid dienone is 2. The molecule has 1 aliphatic heterocycles. The Labute approximate surface area is 223 Å². The average molecular weight is 505 g/mol. The molecule has 0 unspecified atom stereocenters. The van der Waals surface area contributed by atoms with Crippen LogP contribution < -0.4 is 10.1 Å². The van der Waals surface area contributed by atoms with Gasteiger partial charge in [0.05, 0.1) is 11.7 Å². The number of para-hydroxylation sites is 1. The number of rotatable bonds is 6. The monoisotopic (exact) mass is 504 g/mol. The molecule has 0 spiro atoms. The molecule has 1 heterocycles. The van der Waals surface area contributed by atoms with E-state index in [9.17, 15) is 0 Å². The Balaban J connectivity index is 1.17. The van der Waals surface area contributed by atoms with Gasteiger partial charge in [-0.05, 0) is 78.4 Å². The van der Waals surface area contributed by atoms with Gasteiger partial charge < -0.3 is 10.1 Å². The summed E-state index contributed by atoms with van der Waals surface area (Å²) in [5, 5.41) is 4.53. The highest BCUT2D eigenvalue weighted by Gasteiger charge is 2.37. The maximum Gasteiger partial charge on any atom is 0.128 e. The minimum Gasteiger partial charge on any atom is -0.488 e. The number of nitrogens with one attached hydrogen (secondary N) is 1. The van der Waals surface area contributed by atoms with Gasteiger partial charge in [0, 0.05) is 28.4 Å². The van der Waals surface area contributed by atoms with E-state index in [1.165, 1.54) is 22.4 Å². The molecule has 0 saturated heterocycles. The molecule has 0 fully saturated rings. The van der Waals surface area contributed by atoms with Crippen LogP contribution in [0.3, 0.4) is 0 Å². The first-order chi connectivity index (χ1) is 18.1. The third kappa shape index (κ3) is 5.05. The van der Waals surface area contributed by atoms with Gasteiger partial charge in [0.1, 0.15) is 12.4 Å². The second-order valence-electron chi connectivity index (χ2n) is 9.87. The Kier molecular flexibility index (Phi) is 6.55. The van der Waals surface area contributed by atoms with E-state index in [-0.39, 0.29) is 6.04 Å². The molecule has 0 radical (unpaired) electrons. The highest BCUT2D eigenvalue weighted by molar-refractivity contribution is 6.30. The summed E-state index contributed by atoms with van der Waals surface area (Å²) >= 11 is 6.11. The van der Waals surface area contributed by atoms with Crippen molar-refractivity contribution < 1.29 is 4.74 Å². The number of hydrogen-bond donors (Lipinski definition) is 1. The molecule has 0 aromatic heterocycles. The summed E-state index contributed by atoms with van der Waals surface area (Å²) in [4.78, 5) is 4.75. The lowest BCUT2D eigenvalue weighted by Gasteiger charge is -2.37. The highest BCUT2D eigenvalue weighted by Crippen LogP contribution is 2.50. The SMILES string of the molecule is Cc1ccc2c(c1)[C@@H]1C=CC[C@@H]1[C@H](c1ccc(N=Cc3ccccc3OCc3cccc(Cl)c3)cc1)N2. The fourth-order valence-corrected chi connectivity index (χ4v) is 5.67. The quantitative estimate of drug-likeness (QED) is 0.210. The molecule has 3 atom stereocenters. The molecular weight excluding hydrogens is 476 g/mol. The average Bonchev–Trinajstić information content (AvgIpc) is 3.42. The van der Waals surface area contributed by atoms with Crippen molar-refractivity contribution >= 4 is 29.2 Å². The summed E-state index contributed by atoms with van der Waals surface area (Å²) in [6.07, 6.45) is 7.70. The van der Waals surface area contributed by atoms with Crippen molar-refractivity contribution in [3.8, 4) is 5.75 Å². The number of aryl methyl sites for hydroxylation is 1. The summed E-state index contributed by atoms with van der Waals surface area (Å²) in [5.74, 6) is 1.80. The van der Waals surface area contributed by atoms with Crippen LogP contribution in [0, 0.1) is 12.8 Å². The fraction of sp³-hybridized carbons (Fsp3) is 0.182. The predicted molar refractivity (Wildman–Crippen MR) is 153 cm³/mol. The van der Waals surface area contributed by atoms with Crippen molar-refractivity contribution in [3.05, 3.63) is 136 Å². The van der Waals surface area contributed by atoms with Crippen molar-refractivity contribution in [3.63, 3.8) is 0 Å². The molecule has 0 saturated carbocycles. The summed E-state index contributed by atoms with van der Waals surface area (Å²) in [7, 11) is 0. The molecule has 37 heavy (non-hydrogen) atoms. The van der Waals surface area contributed by atoms with Gasteiger partial charge in [0.25, 0.3) is 0 Å². The number of anilines is 1. The summed E-state index contributed by atoms with van der Waals surface area (Å²) in [6.45, 7) is 2.62. The van der Waals surface area contributed by atoms with E-state index in [2.05, 4.69) is 66.9 Å². The van der Waals surface area contributed by atoms with Gasteiger partial charge in [0.15, 0.2) is 0 Å². The lowest BCUT2D eigenvalue weighted by molar-refractivity contribution is 0.306. The van der Waals surface area contributed by atoms with Crippen LogP contribution in [0.15, 0.2) is 108 Å². The largest absolute Gasteiger partial charge is 0.488 e. The van der Waals surface area contributed by atoms with Gasteiger partial charge in [-0.1, -0.05) is 77.8 Å². The van der Waals surface area contributed by atoms with Gasteiger partial charge in [-0.3, -0.25) is 4.99 Å². The molecule has 0 amide bonds. The maximum absolute atomic E-state index is 6.11. The van der Waals surface area contributed by atoms with E-state index in [1.54, 1.807) is 0 Å². The molecule has 4 aromatic carbocycles. The Morgan fingerprint density at radius 1 is 0.973 bits per heavy atom. The molecule has 2 aliphatic rings. The Bertz CT molecular complexity index is 1470. The third-order valence-electron chi connectivity index (χ3n) is 7.33. The first kappa shape index (κ1) is 23.6. The van der Waals surface area contributed by atoms with Crippen LogP contribution in [0.5, 0.6) is 5.75 Å². The molecule has 6 rings (SSSR count). The molecule has 3 nitrogen and oxygen atoms in total. The van der Waals surface area contributed by atoms with Gasteiger partial charge >= 0.3 is 0 Å². The van der Waals surface area contributed by atoms with Crippen LogP contribution in [0.25, 0.3) is 0 Å². The summed E-state index contributed by atoms with van der Waals surface area (Å²) < 4.78 is 6.08. The summed E-state index contributed by atoms with van der Waals surface area (Å²) in [5.41, 5.74) is 8.18. The van der Waals surface area contributed by atoms with Gasteiger partial charge in [-0.2, -0.15) is 0 Å². The third-order valence-corrected chi connectivity index (χ3v) is 7.56. The topological polar surface area (TPSA) is 33.6 Å². The number of benzene rings is 4. The number of nitrogens with zero attached hydrogens (tertiary/aromatic N) is 1. The van der Waals surface area contributed by atoms with Gasteiger partial charge in [0.2, 0.25) is 0 Å². The minimum atomic E-state index is 0.286. The van der Waals surface area contributed by atoms with Crippen molar-refractivity contribution in [1.29, 1.82) is 0 Å². The maximum atomic E-state index is 6.11. The number of halogens is 1. The Morgan fingerprint density at radius 3 is 2.70 bits per heavy atom. The van der Waals surface area contributed by atoms with Gasteiger partial charge in [-0.15, -0.1) is 0 Å². The minimum absolute atomic E-state index is 0.286. The second kappa shape index (κ2) is 10.3. The normalized spacial score (nSPS) is 19.9. The van der Waals surface area contributed by atoms with E-state index in [4.69, 9.17) is 21.3 Å². The molecule has 4 heteroatoms. The number of aliphatic imine (C=N–C) groups is 1. The zero-order chi connectivity index (χ0) is 25.2. The summed E-state index contributed by atoms with van der Waals surface area (Å²) in [6, 6.07) is 31.3. The second-order valence-corrected chi connectivity index (χ2v) is 10.3. The number of ether oxygens (including phenoxy) is 1. The molecular formula is C33H29ClN2O. The first-order valence-electron chi connectivity index (χ1n) is 12.8. The van der Waals surface area contributed by atoms with Crippen LogP contribution >= 0.6 is 11.6 Å². The number of hydrogen-bond acceptors (Lipinski definition) is 3. The number of fused-ring (bicyclic) bond motifs is 3. The lowest BCUT2D eigenvalue weighted by atomic mass is 9.76. The van der Waals surface area contributed by atoms with Crippen molar-refractivity contribution in [2.75, 3.05) is 5.32 Å². The van der Waals surface area contributed by atoms with Crippen LogP contribution in [-0.4, -0.2) is 6.21 Å². The smallest absolute Gasteiger partial charge is 0.128 e. The highest BCUT2D eigenvalue weighted by atomic mass is 35.5. The molecule has 184 valence electrons. The Hall–Kier alpha value is -3.82. The molecule has 0 bridgehead atoms. The predicted octanol–water partition coefficient (Wildman–Crippen LogP) is 8.80. The van der Waals surface area contributed by atoms with E-state index in [1.807, 2.05) is 54.7 Å². The van der Waals surface area contributed by atoms with Crippen LogP contribution in [-0.2, 0) is 6.61 Å². The van der Waals surface area contributed by atoms with Crippen molar-refractivity contribution in [2.45, 2.75) is 31.9 Å². The molecule has 4 aromatic rings. The van der Waals surface area contributed by atoms with E-state index >= 15 is 0 Å². The van der Waals surface area contributed by atoms with E-state index in [0.29, 0.717) is 23.5 Å². The zero-order valence-electron chi connectivity index (χ0n) is 20.8. The molecule has 1 aliphatic carbocycles. The fourth-order valence-electron chi connectivity index (χ4n) is 5.46. The standard InChI is InChI=1S/C33H29ClN2O/c1-22-12-17-31-30(18-22)28-9-5-10-29(28)33(36-31)24-13-15-27(16-14-24)35-20-25-7-2-3-11-32(25)37-21-23-6-4-8-26(34)19-23/h2-9,11-20,28-29,33,36H,10,21H2,1H3/t28-,29+,33+/m1/s1. The van der Waals surface area contributed by atoms with E-state index in [0.717, 1.165) is 29.0 Å². The lowest BCUT2D eigenvalue weighted by Crippen LogP contribution is -2.29. The molecule has 1 N–H and O–H groups in total. The zero-order valence-corrected chi connectivity index (χ0v) is 21.5. The first-order valence-corrected chi connectivity index (χ1v) is 13.2. The van der Waals surface area contributed by atoms with E-state index < -0.39 is 0 Å². The van der Waals surface area contributed by atoms with Crippen molar-refractivity contribution in [2.24, 2.45) is 10.9 Å². The van der Waals surface area contributed by atoms with Crippen LogP contribution in [0.4, 0.5) is 11.4 Å².